The summed E-state index contributed by atoms with van der Waals surface area (Å²) in [4.78, 5) is 26.7. The molecule has 1 aromatic heterocycles. The molecule has 0 bridgehead atoms. The van der Waals surface area contributed by atoms with E-state index in [0.717, 1.165) is 32.0 Å². The Labute approximate surface area is 100 Å². The molecule has 0 atom stereocenters. The maximum Gasteiger partial charge on any atom is 0.251 e. The average Bonchev–Trinajstić information content (AvgIpc) is 2.33. The number of carbonyl (C=O) groups excluding carboxylic acids is 1. The summed E-state index contributed by atoms with van der Waals surface area (Å²) >= 11 is 0. The topological polar surface area (TPSA) is 45.6 Å². The van der Waals surface area contributed by atoms with Gasteiger partial charge in [0.05, 0.1) is 0 Å². The Hall–Kier alpha value is -1.78. The SMILES string of the molecule is CC(=O)N1CCN(c2cccc(=O)n2C)CC1. The van der Waals surface area contributed by atoms with Gasteiger partial charge in [-0.1, -0.05) is 6.07 Å². The molecule has 1 aliphatic rings. The second-order valence-corrected chi connectivity index (χ2v) is 4.27. The zero-order valence-corrected chi connectivity index (χ0v) is 10.2. The van der Waals surface area contributed by atoms with Gasteiger partial charge in [0.2, 0.25) is 5.91 Å². The molecule has 0 unspecified atom stereocenters. The molecular weight excluding hydrogens is 218 g/mol. The molecule has 17 heavy (non-hydrogen) atoms. The lowest BCUT2D eigenvalue weighted by atomic mass is 10.3. The number of piperazine rings is 1. The molecule has 0 aliphatic carbocycles. The fourth-order valence-corrected chi connectivity index (χ4v) is 2.12. The first-order chi connectivity index (χ1) is 8.09. The van der Waals surface area contributed by atoms with Crippen LogP contribution in [0.25, 0.3) is 0 Å². The van der Waals surface area contributed by atoms with Crippen molar-refractivity contribution in [1.29, 1.82) is 0 Å². The Kier molecular flexibility index (Phi) is 3.17. The molecule has 2 heterocycles. The van der Waals surface area contributed by atoms with Crippen molar-refractivity contribution >= 4 is 11.7 Å². The Balaban J connectivity index is 2.13. The van der Waals surface area contributed by atoms with Gasteiger partial charge in [-0.3, -0.25) is 14.2 Å². The van der Waals surface area contributed by atoms with E-state index in [1.807, 2.05) is 11.0 Å². The van der Waals surface area contributed by atoms with Crippen LogP contribution in [0.3, 0.4) is 0 Å². The highest BCUT2D eigenvalue weighted by molar-refractivity contribution is 5.73. The number of amides is 1. The van der Waals surface area contributed by atoms with Gasteiger partial charge in [0.1, 0.15) is 5.82 Å². The largest absolute Gasteiger partial charge is 0.354 e. The van der Waals surface area contributed by atoms with Crippen molar-refractivity contribution in [2.75, 3.05) is 31.1 Å². The molecule has 1 aliphatic heterocycles. The second-order valence-electron chi connectivity index (χ2n) is 4.27. The smallest absolute Gasteiger partial charge is 0.251 e. The van der Waals surface area contributed by atoms with Crippen LogP contribution in [0.4, 0.5) is 5.82 Å². The van der Waals surface area contributed by atoms with Gasteiger partial charge in [-0.2, -0.15) is 0 Å². The number of anilines is 1. The Morgan fingerprint density at radius 1 is 1.18 bits per heavy atom. The van der Waals surface area contributed by atoms with Crippen LogP contribution in [0.5, 0.6) is 0 Å². The highest BCUT2D eigenvalue weighted by Crippen LogP contribution is 2.13. The van der Waals surface area contributed by atoms with Crippen LogP contribution >= 0.6 is 0 Å². The molecule has 0 aromatic carbocycles. The van der Waals surface area contributed by atoms with E-state index in [9.17, 15) is 9.59 Å². The summed E-state index contributed by atoms with van der Waals surface area (Å²) in [6.45, 7) is 4.58. The monoisotopic (exact) mass is 235 g/mol. The van der Waals surface area contributed by atoms with Gasteiger partial charge in [0.15, 0.2) is 0 Å². The third kappa shape index (κ3) is 2.33. The van der Waals surface area contributed by atoms with E-state index >= 15 is 0 Å². The molecule has 1 saturated heterocycles. The lowest BCUT2D eigenvalue weighted by molar-refractivity contribution is -0.129. The van der Waals surface area contributed by atoms with Crippen LogP contribution in [0, 0.1) is 0 Å². The van der Waals surface area contributed by atoms with Gasteiger partial charge in [-0.05, 0) is 6.07 Å². The molecule has 5 heteroatoms. The Morgan fingerprint density at radius 2 is 1.82 bits per heavy atom. The zero-order chi connectivity index (χ0) is 12.4. The standard InChI is InChI=1S/C12H17N3O2/c1-10(16)14-6-8-15(9-7-14)11-4-3-5-12(17)13(11)2/h3-5H,6-9H2,1-2H3. The van der Waals surface area contributed by atoms with E-state index in [2.05, 4.69) is 4.90 Å². The molecule has 0 saturated carbocycles. The lowest BCUT2D eigenvalue weighted by Crippen LogP contribution is -2.49. The number of carbonyl (C=O) groups is 1. The number of rotatable bonds is 1. The van der Waals surface area contributed by atoms with Crippen LogP contribution in [0.15, 0.2) is 23.0 Å². The quantitative estimate of drug-likeness (QED) is 0.691. The van der Waals surface area contributed by atoms with E-state index in [4.69, 9.17) is 0 Å². The first kappa shape index (κ1) is 11.7. The third-order valence-corrected chi connectivity index (χ3v) is 3.21. The van der Waals surface area contributed by atoms with Crippen molar-refractivity contribution in [1.82, 2.24) is 9.47 Å². The average molecular weight is 235 g/mol. The van der Waals surface area contributed by atoms with Crippen molar-refractivity contribution in [2.45, 2.75) is 6.92 Å². The maximum atomic E-state index is 11.5. The molecule has 0 spiro atoms. The van der Waals surface area contributed by atoms with Crippen molar-refractivity contribution in [3.05, 3.63) is 28.6 Å². The van der Waals surface area contributed by atoms with Gasteiger partial charge in [0.25, 0.3) is 5.56 Å². The van der Waals surface area contributed by atoms with E-state index in [1.165, 1.54) is 0 Å². The van der Waals surface area contributed by atoms with Gasteiger partial charge in [0, 0.05) is 46.2 Å². The minimum Gasteiger partial charge on any atom is -0.354 e. The summed E-state index contributed by atoms with van der Waals surface area (Å²) in [5.74, 6) is 1.03. The van der Waals surface area contributed by atoms with Crippen LogP contribution in [0.1, 0.15) is 6.92 Å². The van der Waals surface area contributed by atoms with Crippen LogP contribution in [0.2, 0.25) is 0 Å². The molecule has 5 nitrogen and oxygen atoms in total. The predicted molar refractivity (Wildman–Crippen MR) is 66.2 cm³/mol. The molecular formula is C12H17N3O2. The second kappa shape index (κ2) is 4.61. The van der Waals surface area contributed by atoms with Crippen LogP contribution < -0.4 is 10.5 Å². The number of nitrogens with zero attached hydrogens (tertiary/aromatic N) is 3. The Morgan fingerprint density at radius 3 is 2.41 bits per heavy atom. The number of hydrogen-bond donors (Lipinski definition) is 0. The minimum atomic E-state index is -0.00324. The van der Waals surface area contributed by atoms with E-state index in [1.54, 1.807) is 30.7 Å². The minimum absolute atomic E-state index is 0.00324. The molecule has 92 valence electrons. The molecule has 1 aromatic rings. The number of aromatic nitrogens is 1. The summed E-state index contributed by atoms with van der Waals surface area (Å²) in [5.41, 5.74) is -0.00324. The van der Waals surface area contributed by atoms with Crippen molar-refractivity contribution < 1.29 is 4.79 Å². The first-order valence-electron chi connectivity index (χ1n) is 5.76. The summed E-state index contributed by atoms with van der Waals surface area (Å²) < 4.78 is 1.64. The molecule has 2 rings (SSSR count). The highest BCUT2D eigenvalue weighted by Gasteiger charge is 2.19. The number of pyridine rings is 1. The summed E-state index contributed by atoms with van der Waals surface area (Å²) in [6, 6.07) is 5.26. The van der Waals surface area contributed by atoms with Gasteiger partial charge in [-0.15, -0.1) is 0 Å². The van der Waals surface area contributed by atoms with Gasteiger partial charge >= 0.3 is 0 Å². The summed E-state index contributed by atoms with van der Waals surface area (Å²) in [7, 11) is 1.77. The third-order valence-electron chi connectivity index (χ3n) is 3.21. The van der Waals surface area contributed by atoms with Gasteiger partial charge in [-0.25, -0.2) is 0 Å². The highest BCUT2D eigenvalue weighted by atomic mass is 16.2. The molecule has 0 radical (unpaired) electrons. The van der Waals surface area contributed by atoms with Crippen LogP contribution in [-0.4, -0.2) is 41.6 Å². The fraction of sp³-hybridized carbons (Fsp3) is 0.500. The van der Waals surface area contributed by atoms with Crippen molar-refractivity contribution in [3.8, 4) is 0 Å². The maximum absolute atomic E-state index is 11.5. The fourth-order valence-electron chi connectivity index (χ4n) is 2.12. The van der Waals surface area contributed by atoms with Crippen molar-refractivity contribution in [3.63, 3.8) is 0 Å². The summed E-state index contributed by atoms with van der Waals surface area (Å²) in [6.07, 6.45) is 0. The number of hydrogen-bond acceptors (Lipinski definition) is 3. The van der Waals surface area contributed by atoms with E-state index < -0.39 is 0 Å². The molecule has 1 amide bonds. The predicted octanol–water partition coefficient (Wildman–Crippen LogP) is 0.0538. The molecule has 0 N–H and O–H groups in total. The van der Waals surface area contributed by atoms with Crippen LogP contribution in [-0.2, 0) is 11.8 Å². The normalized spacial score (nSPS) is 16.1. The molecule has 1 fully saturated rings. The van der Waals surface area contributed by atoms with E-state index in [0.29, 0.717) is 0 Å². The Bertz CT molecular complexity index is 473. The zero-order valence-electron chi connectivity index (χ0n) is 10.2. The summed E-state index contributed by atoms with van der Waals surface area (Å²) in [5, 5.41) is 0. The van der Waals surface area contributed by atoms with E-state index in [-0.39, 0.29) is 11.5 Å². The van der Waals surface area contributed by atoms with Gasteiger partial charge < -0.3 is 9.80 Å². The first-order valence-corrected chi connectivity index (χ1v) is 5.76. The lowest BCUT2D eigenvalue weighted by Gasteiger charge is -2.36. The van der Waals surface area contributed by atoms with Crippen molar-refractivity contribution in [2.24, 2.45) is 7.05 Å².